The van der Waals surface area contributed by atoms with Gasteiger partial charge in [0, 0.05) is 11.1 Å². The lowest BCUT2D eigenvalue weighted by molar-refractivity contribution is -0.117. The Bertz CT molecular complexity index is 1110. The molecule has 2 aromatic heterocycles. The number of aromatic amines is 1. The third-order valence-electron chi connectivity index (χ3n) is 4.94. The molecule has 4 aromatic rings. The van der Waals surface area contributed by atoms with Crippen molar-refractivity contribution in [3.8, 4) is 11.5 Å². The molecule has 0 saturated heterocycles. The van der Waals surface area contributed by atoms with Gasteiger partial charge >= 0.3 is 0 Å². The Balaban J connectivity index is 1.47. The highest BCUT2D eigenvalue weighted by molar-refractivity contribution is 7.07. The van der Waals surface area contributed by atoms with E-state index < -0.39 is 0 Å². The van der Waals surface area contributed by atoms with E-state index in [1.54, 1.807) is 5.51 Å². The number of nitrogens with zero attached hydrogens (tertiary/aromatic N) is 2. The maximum atomic E-state index is 12.8. The zero-order chi connectivity index (χ0) is 20.4. The first-order chi connectivity index (χ1) is 14.0. The van der Waals surface area contributed by atoms with E-state index in [0.29, 0.717) is 5.92 Å². The molecule has 0 bridgehead atoms. The summed E-state index contributed by atoms with van der Waals surface area (Å²) in [4.78, 5) is 24.9. The van der Waals surface area contributed by atoms with Gasteiger partial charge in [-0.2, -0.15) is 0 Å². The van der Waals surface area contributed by atoms with Gasteiger partial charge in [-0.1, -0.05) is 38.1 Å². The largest absolute Gasteiger partial charge is 0.337 e. The lowest BCUT2D eigenvalue weighted by Gasteiger charge is -2.14. The van der Waals surface area contributed by atoms with Gasteiger partial charge in [0.05, 0.1) is 22.5 Å². The summed E-state index contributed by atoms with van der Waals surface area (Å²) in [7, 11) is 0. The lowest BCUT2D eigenvalue weighted by Crippen LogP contribution is -2.18. The van der Waals surface area contributed by atoms with Crippen molar-refractivity contribution < 1.29 is 4.79 Å². The van der Waals surface area contributed by atoms with Gasteiger partial charge in [-0.25, -0.2) is 9.97 Å². The van der Waals surface area contributed by atoms with Crippen molar-refractivity contribution in [2.24, 2.45) is 5.92 Å². The quantitative estimate of drug-likeness (QED) is 0.438. The van der Waals surface area contributed by atoms with Gasteiger partial charge in [0.15, 0.2) is 5.82 Å². The third kappa shape index (κ3) is 4.38. The summed E-state index contributed by atoms with van der Waals surface area (Å²) in [6.45, 7) is 6.35. The van der Waals surface area contributed by atoms with Crippen molar-refractivity contribution in [3.05, 3.63) is 64.5 Å². The van der Waals surface area contributed by atoms with Crippen molar-refractivity contribution >= 4 is 34.0 Å². The van der Waals surface area contributed by atoms with Crippen LogP contribution < -0.4 is 5.32 Å². The van der Waals surface area contributed by atoms with Gasteiger partial charge in [-0.15, -0.1) is 11.3 Å². The van der Waals surface area contributed by atoms with E-state index >= 15 is 0 Å². The SMILES string of the molecule is CC(C)Cc1ccc(C(C)C(=O)Nc2ccc3[nH]c(-c4cscn4)nc3c2)cc1. The summed E-state index contributed by atoms with van der Waals surface area (Å²) in [6, 6.07) is 14.1. The predicted octanol–water partition coefficient (Wildman–Crippen LogP) is 5.63. The van der Waals surface area contributed by atoms with Crippen molar-refractivity contribution in [1.82, 2.24) is 15.0 Å². The molecule has 0 aliphatic rings. The van der Waals surface area contributed by atoms with Gasteiger partial charge in [0.25, 0.3) is 0 Å². The van der Waals surface area contributed by atoms with Crippen LogP contribution in [-0.4, -0.2) is 20.9 Å². The van der Waals surface area contributed by atoms with E-state index in [1.807, 2.05) is 30.5 Å². The summed E-state index contributed by atoms with van der Waals surface area (Å²) in [5.74, 6) is 1.09. The van der Waals surface area contributed by atoms with Gasteiger partial charge in [-0.05, 0) is 48.6 Å². The van der Waals surface area contributed by atoms with Crippen LogP contribution in [0.15, 0.2) is 53.4 Å². The van der Waals surface area contributed by atoms with Crippen LogP contribution in [0.1, 0.15) is 37.8 Å². The normalized spacial score (nSPS) is 12.4. The highest BCUT2D eigenvalue weighted by Crippen LogP contribution is 2.24. The second-order valence-electron chi connectivity index (χ2n) is 7.74. The predicted molar refractivity (Wildman–Crippen MR) is 119 cm³/mol. The number of anilines is 1. The van der Waals surface area contributed by atoms with Crippen LogP contribution in [0, 0.1) is 5.92 Å². The number of fused-ring (bicyclic) bond motifs is 1. The maximum Gasteiger partial charge on any atom is 0.231 e. The molecule has 1 amide bonds. The number of nitrogens with one attached hydrogen (secondary N) is 2. The number of benzene rings is 2. The maximum absolute atomic E-state index is 12.8. The molecule has 0 fully saturated rings. The number of imidazole rings is 1. The Labute approximate surface area is 174 Å². The summed E-state index contributed by atoms with van der Waals surface area (Å²) < 4.78 is 0. The number of thiazole rings is 1. The highest BCUT2D eigenvalue weighted by atomic mass is 32.1. The first-order valence-corrected chi connectivity index (χ1v) is 10.7. The van der Waals surface area contributed by atoms with Crippen molar-refractivity contribution in [2.75, 3.05) is 5.32 Å². The zero-order valence-corrected chi connectivity index (χ0v) is 17.6. The molecule has 5 nitrogen and oxygen atoms in total. The summed E-state index contributed by atoms with van der Waals surface area (Å²) in [6.07, 6.45) is 1.05. The van der Waals surface area contributed by atoms with Crippen LogP contribution >= 0.6 is 11.3 Å². The van der Waals surface area contributed by atoms with Gasteiger partial charge in [0.1, 0.15) is 5.69 Å². The second-order valence-corrected chi connectivity index (χ2v) is 8.46. The average molecular weight is 405 g/mol. The van der Waals surface area contributed by atoms with E-state index in [2.05, 4.69) is 58.4 Å². The fourth-order valence-corrected chi connectivity index (χ4v) is 3.89. The molecule has 0 saturated carbocycles. The number of hydrogen-bond acceptors (Lipinski definition) is 4. The first-order valence-electron chi connectivity index (χ1n) is 9.77. The molecule has 0 aliphatic carbocycles. The Hall–Kier alpha value is -2.99. The van der Waals surface area contributed by atoms with E-state index in [0.717, 1.165) is 40.2 Å². The molecular formula is C23H24N4OS. The monoisotopic (exact) mass is 404 g/mol. The van der Waals surface area contributed by atoms with E-state index in [4.69, 9.17) is 0 Å². The van der Waals surface area contributed by atoms with E-state index in [9.17, 15) is 4.79 Å². The molecule has 2 N–H and O–H groups in total. The topological polar surface area (TPSA) is 70.7 Å². The lowest BCUT2D eigenvalue weighted by atomic mass is 9.96. The zero-order valence-electron chi connectivity index (χ0n) is 16.8. The molecular weight excluding hydrogens is 380 g/mol. The first kappa shape index (κ1) is 19.3. The molecule has 0 aliphatic heterocycles. The summed E-state index contributed by atoms with van der Waals surface area (Å²) in [5, 5.41) is 4.97. The van der Waals surface area contributed by atoms with Crippen LogP contribution in [0.25, 0.3) is 22.6 Å². The van der Waals surface area contributed by atoms with E-state index in [-0.39, 0.29) is 11.8 Å². The number of hydrogen-bond donors (Lipinski definition) is 2. The smallest absolute Gasteiger partial charge is 0.231 e. The van der Waals surface area contributed by atoms with Crippen molar-refractivity contribution in [3.63, 3.8) is 0 Å². The standard InChI is InChI=1S/C23H24N4OS/c1-14(2)10-16-4-6-17(7-5-16)15(3)23(28)25-18-8-9-19-20(11-18)27-22(26-19)21-12-29-13-24-21/h4-9,11-15H,10H2,1-3H3,(H,25,28)(H,26,27). The van der Waals surface area contributed by atoms with Crippen LogP contribution in [0.4, 0.5) is 5.69 Å². The Morgan fingerprint density at radius 3 is 2.62 bits per heavy atom. The number of H-pyrrole nitrogens is 1. The molecule has 0 radical (unpaired) electrons. The van der Waals surface area contributed by atoms with Crippen LogP contribution in [0.3, 0.4) is 0 Å². The van der Waals surface area contributed by atoms with Gasteiger partial charge in [-0.3, -0.25) is 4.79 Å². The van der Waals surface area contributed by atoms with Gasteiger partial charge in [0.2, 0.25) is 5.91 Å². The minimum Gasteiger partial charge on any atom is -0.337 e. The summed E-state index contributed by atoms with van der Waals surface area (Å²) in [5.41, 5.74) is 7.38. The van der Waals surface area contributed by atoms with Crippen LogP contribution in [0.2, 0.25) is 0 Å². The minimum absolute atomic E-state index is 0.0313. The molecule has 0 spiro atoms. The number of carbonyl (C=O) groups excluding carboxylic acids is 1. The fourth-order valence-electron chi connectivity index (χ4n) is 3.35. The molecule has 148 valence electrons. The molecule has 1 atom stereocenters. The fraction of sp³-hybridized carbons (Fsp3) is 0.261. The van der Waals surface area contributed by atoms with Crippen molar-refractivity contribution in [1.29, 1.82) is 0 Å². The minimum atomic E-state index is -0.233. The summed E-state index contributed by atoms with van der Waals surface area (Å²) >= 11 is 1.53. The van der Waals surface area contributed by atoms with E-state index in [1.165, 1.54) is 16.9 Å². The number of amides is 1. The molecule has 2 aromatic carbocycles. The Kier molecular flexibility index (Phi) is 5.45. The number of rotatable bonds is 6. The Morgan fingerprint density at radius 1 is 1.14 bits per heavy atom. The molecule has 2 heterocycles. The highest BCUT2D eigenvalue weighted by Gasteiger charge is 2.16. The molecule has 6 heteroatoms. The Morgan fingerprint density at radius 2 is 1.93 bits per heavy atom. The van der Waals surface area contributed by atoms with Crippen LogP contribution in [0.5, 0.6) is 0 Å². The van der Waals surface area contributed by atoms with Crippen LogP contribution in [-0.2, 0) is 11.2 Å². The van der Waals surface area contributed by atoms with Gasteiger partial charge < -0.3 is 10.3 Å². The van der Waals surface area contributed by atoms with Crippen molar-refractivity contribution in [2.45, 2.75) is 33.1 Å². The molecule has 4 rings (SSSR count). The molecule has 1 unspecified atom stereocenters. The average Bonchev–Trinajstić information content (AvgIpc) is 3.36. The molecule has 29 heavy (non-hydrogen) atoms. The number of carbonyl (C=O) groups is 1. The third-order valence-corrected chi connectivity index (χ3v) is 5.53. The second kappa shape index (κ2) is 8.17. The number of aromatic nitrogens is 3.